The molecule has 0 aliphatic heterocycles. The number of hydrogen-bond acceptors (Lipinski definition) is 6. The first-order valence-corrected chi connectivity index (χ1v) is 11.2. The Bertz CT molecular complexity index is 970. The number of methoxy groups -OCH3 is 1. The third kappa shape index (κ3) is 6.40. The number of aryl methyl sites for hydroxylation is 1. The fourth-order valence-electron chi connectivity index (χ4n) is 3.73. The molecule has 0 saturated heterocycles. The Morgan fingerprint density at radius 3 is 2.62 bits per heavy atom. The van der Waals surface area contributed by atoms with Crippen LogP contribution in [0.25, 0.3) is 11.4 Å². The van der Waals surface area contributed by atoms with Crippen molar-refractivity contribution in [1.29, 1.82) is 0 Å². The molecule has 0 saturated carbocycles. The molecule has 0 spiro atoms. The molecule has 1 amide bonds. The Morgan fingerprint density at radius 1 is 1.12 bits per heavy atom. The number of aromatic nitrogens is 2. The number of hydrogen-bond donors (Lipinski definition) is 1. The van der Waals surface area contributed by atoms with Gasteiger partial charge in [-0.15, -0.1) is 0 Å². The summed E-state index contributed by atoms with van der Waals surface area (Å²) in [6, 6.07) is 17.8. The average molecular weight is 437 g/mol. The molecular weight excluding hydrogens is 404 g/mol. The third-order valence-corrected chi connectivity index (χ3v) is 5.52. The lowest BCUT2D eigenvalue weighted by Crippen LogP contribution is -2.38. The number of rotatable bonds is 12. The van der Waals surface area contributed by atoms with E-state index in [9.17, 15) is 4.79 Å². The molecule has 7 heteroatoms. The number of benzene rings is 2. The summed E-state index contributed by atoms with van der Waals surface area (Å²) in [6.07, 6.45) is 1.63. The van der Waals surface area contributed by atoms with Gasteiger partial charge in [-0.1, -0.05) is 61.5 Å². The lowest BCUT2D eigenvalue weighted by molar-refractivity contribution is -0.121. The highest BCUT2D eigenvalue weighted by molar-refractivity contribution is 5.75. The van der Waals surface area contributed by atoms with Gasteiger partial charge in [0.1, 0.15) is 5.75 Å². The minimum Gasteiger partial charge on any atom is -0.497 e. The Hall–Kier alpha value is -3.19. The van der Waals surface area contributed by atoms with Gasteiger partial charge in [-0.2, -0.15) is 4.98 Å². The SMILES string of the molecule is CCN(CC)C(CNC(=O)CCCc1nc(-c2ccccc2)no1)c1cccc(OC)c1. The van der Waals surface area contributed by atoms with E-state index in [2.05, 4.69) is 40.3 Å². The van der Waals surface area contributed by atoms with Crippen molar-refractivity contribution in [3.63, 3.8) is 0 Å². The minimum absolute atomic E-state index is 0.0212. The van der Waals surface area contributed by atoms with Gasteiger partial charge >= 0.3 is 0 Å². The predicted octanol–water partition coefficient (Wildman–Crippen LogP) is 4.27. The maximum atomic E-state index is 12.5. The second kappa shape index (κ2) is 12.0. The van der Waals surface area contributed by atoms with E-state index in [1.807, 2.05) is 48.5 Å². The Kier molecular flexibility index (Phi) is 8.80. The molecule has 1 heterocycles. The van der Waals surface area contributed by atoms with Crippen LogP contribution in [-0.4, -0.2) is 47.7 Å². The fraction of sp³-hybridized carbons (Fsp3) is 0.400. The first-order valence-electron chi connectivity index (χ1n) is 11.2. The van der Waals surface area contributed by atoms with E-state index < -0.39 is 0 Å². The lowest BCUT2D eigenvalue weighted by Gasteiger charge is -2.30. The van der Waals surface area contributed by atoms with Crippen LogP contribution in [0.2, 0.25) is 0 Å². The lowest BCUT2D eigenvalue weighted by atomic mass is 10.0. The maximum Gasteiger partial charge on any atom is 0.226 e. The molecule has 3 rings (SSSR count). The van der Waals surface area contributed by atoms with Crippen LogP contribution in [0.4, 0.5) is 0 Å². The van der Waals surface area contributed by atoms with Crippen LogP contribution < -0.4 is 10.1 Å². The molecule has 1 aromatic heterocycles. The maximum absolute atomic E-state index is 12.5. The zero-order valence-electron chi connectivity index (χ0n) is 19.1. The highest BCUT2D eigenvalue weighted by atomic mass is 16.5. The van der Waals surface area contributed by atoms with Crippen LogP contribution in [0.3, 0.4) is 0 Å². The Labute approximate surface area is 189 Å². The monoisotopic (exact) mass is 436 g/mol. The number of nitrogens with one attached hydrogen (secondary N) is 1. The smallest absolute Gasteiger partial charge is 0.226 e. The standard InChI is InChI=1S/C25H32N4O3/c1-4-29(5-2)22(20-13-9-14-21(17-20)31-3)18-26-23(30)15-10-16-24-27-25(28-32-24)19-11-7-6-8-12-19/h6-9,11-14,17,22H,4-5,10,15-16,18H2,1-3H3,(H,26,30). The zero-order chi connectivity index (χ0) is 22.8. The number of carbonyl (C=O) groups excluding carboxylic acids is 1. The highest BCUT2D eigenvalue weighted by Gasteiger charge is 2.19. The Balaban J connectivity index is 1.51. The molecule has 2 aromatic carbocycles. The molecule has 3 aromatic rings. The molecule has 170 valence electrons. The van der Waals surface area contributed by atoms with Crippen molar-refractivity contribution in [2.45, 2.75) is 39.2 Å². The number of ether oxygens (including phenoxy) is 1. The van der Waals surface area contributed by atoms with Gasteiger partial charge < -0.3 is 14.6 Å². The van der Waals surface area contributed by atoms with Gasteiger partial charge in [-0.3, -0.25) is 9.69 Å². The van der Waals surface area contributed by atoms with Crippen LogP contribution in [0.1, 0.15) is 44.2 Å². The van der Waals surface area contributed by atoms with Crippen LogP contribution in [-0.2, 0) is 11.2 Å². The molecular formula is C25H32N4O3. The predicted molar refractivity (Wildman–Crippen MR) is 124 cm³/mol. The molecule has 7 nitrogen and oxygen atoms in total. The summed E-state index contributed by atoms with van der Waals surface area (Å²) in [5.74, 6) is 1.97. The third-order valence-electron chi connectivity index (χ3n) is 5.52. The number of nitrogens with zero attached hydrogens (tertiary/aromatic N) is 3. The van der Waals surface area contributed by atoms with Crippen molar-refractivity contribution in [2.75, 3.05) is 26.7 Å². The molecule has 0 bridgehead atoms. The molecule has 0 aliphatic carbocycles. The van der Waals surface area contributed by atoms with E-state index in [4.69, 9.17) is 9.26 Å². The molecule has 1 atom stereocenters. The fourth-order valence-corrected chi connectivity index (χ4v) is 3.73. The van der Waals surface area contributed by atoms with Gasteiger partial charge in [0.15, 0.2) is 0 Å². The van der Waals surface area contributed by atoms with Crippen LogP contribution in [0, 0.1) is 0 Å². The minimum atomic E-state index is 0.0212. The van der Waals surface area contributed by atoms with Crippen molar-refractivity contribution < 1.29 is 14.1 Å². The largest absolute Gasteiger partial charge is 0.497 e. The van der Waals surface area contributed by atoms with Crippen LogP contribution in [0.5, 0.6) is 5.75 Å². The number of carbonyl (C=O) groups is 1. The van der Waals surface area contributed by atoms with Gasteiger partial charge in [0.25, 0.3) is 0 Å². The van der Waals surface area contributed by atoms with Gasteiger partial charge in [0.05, 0.1) is 13.2 Å². The normalized spacial score (nSPS) is 12.0. The van der Waals surface area contributed by atoms with Gasteiger partial charge in [0.2, 0.25) is 17.6 Å². The van der Waals surface area contributed by atoms with Crippen molar-refractivity contribution in [3.05, 3.63) is 66.1 Å². The van der Waals surface area contributed by atoms with Crippen molar-refractivity contribution in [2.24, 2.45) is 0 Å². The molecule has 0 radical (unpaired) electrons. The van der Waals surface area contributed by atoms with E-state index in [0.717, 1.165) is 30.0 Å². The van der Waals surface area contributed by atoms with E-state index in [1.54, 1.807) is 7.11 Å². The summed E-state index contributed by atoms with van der Waals surface area (Å²) >= 11 is 0. The average Bonchev–Trinajstić information content (AvgIpc) is 3.31. The van der Waals surface area contributed by atoms with Crippen molar-refractivity contribution in [1.82, 2.24) is 20.4 Å². The summed E-state index contributed by atoms with van der Waals surface area (Å²) in [6.45, 7) is 6.61. The van der Waals surface area contributed by atoms with E-state index in [1.165, 1.54) is 0 Å². The summed E-state index contributed by atoms with van der Waals surface area (Å²) in [4.78, 5) is 19.3. The van der Waals surface area contributed by atoms with Crippen LogP contribution >= 0.6 is 0 Å². The summed E-state index contributed by atoms with van der Waals surface area (Å²) in [7, 11) is 1.67. The van der Waals surface area contributed by atoms with Gasteiger partial charge in [0, 0.05) is 24.9 Å². The van der Waals surface area contributed by atoms with Crippen molar-refractivity contribution >= 4 is 5.91 Å². The molecule has 1 N–H and O–H groups in total. The highest BCUT2D eigenvalue weighted by Crippen LogP contribution is 2.24. The summed E-state index contributed by atoms with van der Waals surface area (Å²) < 4.78 is 10.7. The van der Waals surface area contributed by atoms with Gasteiger partial charge in [-0.25, -0.2) is 0 Å². The summed E-state index contributed by atoms with van der Waals surface area (Å²) in [5, 5.41) is 7.12. The zero-order valence-corrected chi connectivity index (χ0v) is 19.1. The first-order chi connectivity index (χ1) is 15.6. The molecule has 32 heavy (non-hydrogen) atoms. The molecule has 1 unspecified atom stereocenters. The van der Waals surface area contributed by atoms with E-state index in [0.29, 0.717) is 37.5 Å². The number of likely N-dealkylation sites (N-methyl/N-ethyl adjacent to an activating group) is 1. The number of amides is 1. The second-order valence-electron chi connectivity index (χ2n) is 7.55. The molecule has 0 fully saturated rings. The summed E-state index contributed by atoms with van der Waals surface area (Å²) in [5.41, 5.74) is 2.05. The first kappa shape index (κ1) is 23.5. The quantitative estimate of drug-likeness (QED) is 0.457. The van der Waals surface area contributed by atoms with E-state index >= 15 is 0 Å². The van der Waals surface area contributed by atoms with Gasteiger partial charge in [-0.05, 0) is 37.2 Å². The molecule has 0 aliphatic rings. The Morgan fingerprint density at radius 2 is 1.91 bits per heavy atom. The second-order valence-corrected chi connectivity index (χ2v) is 7.55. The van der Waals surface area contributed by atoms with E-state index in [-0.39, 0.29) is 11.9 Å². The van der Waals surface area contributed by atoms with Crippen molar-refractivity contribution in [3.8, 4) is 17.1 Å². The van der Waals surface area contributed by atoms with Crippen LogP contribution in [0.15, 0.2) is 59.1 Å². The topological polar surface area (TPSA) is 80.5 Å².